The molecule has 2 saturated heterocycles. The molecule has 3 aliphatic rings. The minimum absolute atomic E-state index is 0.0448. The third kappa shape index (κ3) is 2.68. The molecule has 2 aromatic rings. The van der Waals surface area contributed by atoms with Crippen LogP contribution >= 0.6 is 0 Å². The zero-order valence-electron chi connectivity index (χ0n) is 19.1. The van der Waals surface area contributed by atoms with Crippen LogP contribution in [0.2, 0.25) is 0 Å². The number of hydrogen-bond donors (Lipinski definition) is 2. The number of amides is 3. The maximum absolute atomic E-state index is 14.0. The number of carbonyl (C=O) groups excluding carboxylic acids is 3. The lowest BCUT2D eigenvalue weighted by Gasteiger charge is -2.30. The van der Waals surface area contributed by atoms with E-state index < -0.39 is 40.2 Å². The Hall–Kier alpha value is -3.79. The fourth-order valence-electron chi connectivity index (χ4n) is 5.71. The number of fused-ring (bicyclic) bond motifs is 4. The van der Waals surface area contributed by atoms with Gasteiger partial charge in [-0.2, -0.15) is 0 Å². The quantitative estimate of drug-likeness (QED) is 0.404. The number of benzene rings is 2. The van der Waals surface area contributed by atoms with Crippen molar-refractivity contribution in [2.45, 2.75) is 32.4 Å². The van der Waals surface area contributed by atoms with E-state index in [2.05, 4.69) is 10.6 Å². The minimum Gasteiger partial charge on any atom is -0.490 e. The highest BCUT2D eigenvalue weighted by Crippen LogP contribution is 2.55. The van der Waals surface area contributed by atoms with Crippen molar-refractivity contribution in [1.29, 1.82) is 0 Å². The number of nitro benzene ring substituents is 1. The second kappa shape index (κ2) is 7.36. The van der Waals surface area contributed by atoms with Gasteiger partial charge in [-0.25, -0.2) is 4.90 Å². The van der Waals surface area contributed by atoms with Gasteiger partial charge in [0.1, 0.15) is 5.54 Å². The van der Waals surface area contributed by atoms with Crippen LogP contribution in [0.15, 0.2) is 36.4 Å². The summed E-state index contributed by atoms with van der Waals surface area (Å²) in [5, 5.41) is 17.7. The van der Waals surface area contributed by atoms with Crippen LogP contribution < -0.4 is 20.3 Å². The molecule has 0 saturated carbocycles. The summed E-state index contributed by atoms with van der Waals surface area (Å²) in [7, 11) is 1.29. The van der Waals surface area contributed by atoms with Gasteiger partial charge in [0.15, 0.2) is 5.75 Å². The number of aryl methyl sites for hydroxylation is 1. The van der Waals surface area contributed by atoms with Crippen LogP contribution in [0, 0.1) is 34.8 Å². The fourth-order valence-corrected chi connectivity index (χ4v) is 5.71. The molecule has 3 amide bonds. The molecular weight excluding hydrogens is 440 g/mol. The highest BCUT2D eigenvalue weighted by atomic mass is 16.6. The summed E-state index contributed by atoms with van der Waals surface area (Å²) in [6.45, 7) is 5.47. The van der Waals surface area contributed by atoms with Gasteiger partial charge < -0.3 is 10.1 Å². The van der Waals surface area contributed by atoms with E-state index in [-0.39, 0.29) is 28.9 Å². The van der Waals surface area contributed by atoms with Crippen molar-refractivity contribution in [3.8, 4) is 5.75 Å². The molecule has 0 unspecified atom stereocenters. The standard InChI is InChI=1S/C24H24N4O6/c1-11(2)20-18-19(24(26-20)13-7-5-6-8-14(13)25-23(24)31)22(30)27(21(18)29)15-10-17(34-4)16(28(32)33)9-12(15)3/h5-11,18-20,26H,1-4H3,(H,25,31)/t18-,19+,20-,24-/m0/s1. The van der Waals surface area contributed by atoms with Crippen molar-refractivity contribution < 1.29 is 24.0 Å². The first-order chi connectivity index (χ1) is 16.1. The summed E-state index contributed by atoms with van der Waals surface area (Å²) in [4.78, 5) is 53.1. The first kappa shape index (κ1) is 22.0. The van der Waals surface area contributed by atoms with Crippen molar-refractivity contribution in [3.05, 3.63) is 57.6 Å². The van der Waals surface area contributed by atoms with E-state index in [4.69, 9.17) is 4.74 Å². The second-order valence-electron chi connectivity index (χ2n) is 9.30. The van der Waals surface area contributed by atoms with Gasteiger partial charge in [-0.1, -0.05) is 32.0 Å². The first-order valence-corrected chi connectivity index (χ1v) is 11.0. The maximum Gasteiger partial charge on any atom is 0.311 e. The summed E-state index contributed by atoms with van der Waals surface area (Å²) in [6.07, 6.45) is 0. The number of hydrogen-bond acceptors (Lipinski definition) is 7. The Morgan fingerprint density at radius 1 is 1.15 bits per heavy atom. The number of methoxy groups -OCH3 is 1. The Bertz CT molecular complexity index is 1270. The lowest BCUT2D eigenvalue weighted by molar-refractivity contribution is -0.385. The van der Waals surface area contributed by atoms with E-state index in [1.165, 1.54) is 19.2 Å². The Balaban J connectivity index is 1.68. The molecule has 2 N–H and O–H groups in total. The second-order valence-corrected chi connectivity index (χ2v) is 9.30. The van der Waals surface area contributed by atoms with Gasteiger partial charge >= 0.3 is 5.69 Å². The topological polar surface area (TPSA) is 131 Å². The monoisotopic (exact) mass is 464 g/mol. The molecule has 1 spiro atoms. The largest absolute Gasteiger partial charge is 0.490 e. The van der Waals surface area contributed by atoms with Gasteiger partial charge in [0.2, 0.25) is 17.7 Å². The number of imide groups is 1. The molecule has 176 valence electrons. The van der Waals surface area contributed by atoms with Crippen molar-refractivity contribution in [3.63, 3.8) is 0 Å². The molecule has 5 rings (SSSR count). The lowest BCUT2D eigenvalue weighted by atomic mass is 9.76. The van der Waals surface area contributed by atoms with E-state index in [9.17, 15) is 24.5 Å². The maximum atomic E-state index is 14.0. The normalized spacial score (nSPS) is 27.4. The fraction of sp³-hybridized carbons (Fsp3) is 0.375. The van der Waals surface area contributed by atoms with Crippen LogP contribution in [0.5, 0.6) is 5.75 Å². The molecule has 0 aromatic heterocycles. The average Bonchev–Trinajstić information content (AvgIpc) is 3.39. The van der Waals surface area contributed by atoms with E-state index in [1.54, 1.807) is 31.2 Å². The molecule has 4 atom stereocenters. The Morgan fingerprint density at radius 3 is 2.50 bits per heavy atom. The third-order valence-corrected chi connectivity index (χ3v) is 7.21. The lowest BCUT2D eigenvalue weighted by Crippen LogP contribution is -2.54. The van der Waals surface area contributed by atoms with Crippen LogP contribution in [-0.2, 0) is 19.9 Å². The molecule has 2 aromatic carbocycles. The van der Waals surface area contributed by atoms with E-state index >= 15 is 0 Å². The van der Waals surface area contributed by atoms with Gasteiger partial charge in [-0.05, 0) is 24.5 Å². The Morgan fingerprint density at radius 2 is 1.85 bits per heavy atom. The molecule has 34 heavy (non-hydrogen) atoms. The van der Waals surface area contributed by atoms with Gasteiger partial charge in [-0.3, -0.25) is 29.8 Å². The average molecular weight is 464 g/mol. The molecule has 3 heterocycles. The number of nitro groups is 1. The highest BCUT2D eigenvalue weighted by molar-refractivity contribution is 6.26. The van der Waals surface area contributed by atoms with Crippen LogP contribution in [-0.4, -0.2) is 35.8 Å². The summed E-state index contributed by atoms with van der Waals surface area (Å²) >= 11 is 0. The summed E-state index contributed by atoms with van der Waals surface area (Å²) < 4.78 is 5.18. The number of nitrogens with one attached hydrogen (secondary N) is 2. The van der Waals surface area contributed by atoms with Crippen LogP contribution in [0.25, 0.3) is 0 Å². The van der Waals surface area contributed by atoms with Crippen molar-refractivity contribution >= 4 is 34.8 Å². The number of carbonyl (C=O) groups is 3. The van der Waals surface area contributed by atoms with Crippen molar-refractivity contribution in [2.75, 3.05) is 17.3 Å². The van der Waals surface area contributed by atoms with Gasteiger partial charge in [-0.15, -0.1) is 0 Å². The van der Waals surface area contributed by atoms with E-state index in [0.717, 1.165) is 4.90 Å². The third-order valence-electron chi connectivity index (χ3n) is 7.21. The molecule has 2 fully saturated rings. The molecular formula is C24H24N4O6. The number of anilines is 2. The number of nitrogens with zero attached hydrogens (tertiary/aromatic N) is 2. The van der Waals surface area contributed by atoms with Crippen LogP contribution in [0.4, 0.5) is 17.1 Å². The van der Waals surface area contributed by atoms with E-state index in [1.807, 2.05) is 13.8 Å². The van der Waals surface area contributed by atoms with Gasteiger partial charge in [0, 0.05) is 29.4 Å². The van der Waals surface area contributed by atoms with Gasteiger partial charge in [0.05, 0.1) is 29.6 Å². The molecule has 10 heteroatoms. The molecule has 0 bridgehead atoms. The molecule has 3 aliphatic heterocycles. The summed E-state index contributed by atoms with van der Waals surface area (Å²) in [5.74, 6) is -3.16. The van der Waals surface area contributed by atoms with Crippen LogP contribution in [0.1, 0.15) is 25.0 Å². The SMILES string of the molecule is COc1cc(N2C(=O)[C@@H]3[C@H](C(C)C)N[C@]4(C(=O)Nc5ccccc54)[C@H]3C2=O)c(C)cc1[N+](=O)[O-]. The molecule has 0 aliphatic carbocycles. The first-order valence-electron chi connectivity index (χ1n) is 11.0. The summed E-state index contributed by atoms with van der Waals surface area (Å²) in [5.41, 5.74) is 0.209. The number of para-hydroxylation sites is 1. The molecule has 10 nitrogen and oxygen atoms in total. The van der Waals surface area contributed by atoms with E-state index in [0.29, 0.717) is 16.8 Å². The zero-order valence-corrected chi connectivity index (χ0v) is 19.1. The predicted octanol–water partition coefficient (Wildman–Crippen LogP) is 2.49. The van der Waals surface area contributed by atoms with Gasteiger partial charge in [0.25, 0.3) is 0 Å². The smallest absolute Gasteiger partial charge is 0.311 e. The Kier molecular flexibility index (Phi) is 4.77. The minimum atomic E-state index is -1.38. The zero-order chi connectivity index (χ0) is 24.5. The van der Waals surface area contributed by atoms with Crippen LogP contribution in [0.3, 0.4) is 0 Å². The Labute approximate surface area is 195 Å². The van der Waals surface area contributed by atoms with Crippen molar-refractivity contribution in [1.82, 2.24) is 5.32 Å². The predicted molar refractivity (Wildman–Crippen MR) is 122 cm³/mol. The van der Waals surface area contributed by atoms with Crippen molar-refractivity contribution in [2.24, 2.45) is 17.8 Å². The molecule has 0 radical (unpaired) electrons. The summed E-state index contributed by atoms with van der Waals surface area (Å²) in [6, 6.07) is 9.36. The highest BCUT2D eigenvalue weighted by Gasteiger charge is 2.71. The number of rotatable bonds is 4. The number of ether oxygens (including phenoxy) is 1.